The number of pyridine rings is 2. The molecule has 1 saturated heterocycles. The Kier molecular flexibility index (Phi) is 5.46. The zero-order chi connectivity index (χ0) is 25.0. The summed E-state index contributed by atoms with van der Waals surface area (Å²) in [5, 5.41) is 5.82. The lowest BCUT2D eigenvalue weighted by Gasteiger charge is -2.36. The van der Waals surface area contributed by atoms with Crippen molar-refractivity contribution in [3.05, 3.63) is 59.5 Å². The van der Waals surface area contributed by atoms with E-state index in [0.717, 1.165) is 81.3 Å². The Labute approximate surface area is 218 Å². The van der Waals surface area contributed by atoms with E-state index in [0.29, 0.717) is 13.2 Å². The van der Waals surface area contributed by atoms with Crippen LogP contribution in [-0.2, 0) is 29.0 Å². The molecule has 0 unspecified atom stereocenters. The summed E-state index contributed by atoms with van der Waals surface area (Å²) in [7, 11) is 0. The fraction of sp³-hybridized carbons (Fsp3) is 0.357. The molecule has 7 rings (SSSR count). The summed E-state index contributed by atoms with van der Waals surface area (Å²) in [5.74, 6) is 1.85. The van der Waals surface area contributed by atoms with Crippen molar-refractivity contribution < 1.29 is 9.47 Å². The predicted octanol–water partition coefficient (Wildman–Crippen LogP) is 5.09. The molecule has 5 aromatic rings. The fourth-order valence-corrected chi connectivity index (χ4v) is 6.47. The maximum absolute atomic E-state index is 6.26. The molecule has 188 valence electrons. The molecule has 8 nitrogen and oxygen atoms in total. The summed E-state index contributed by atoms with van der Waals surface area (Å²) in [6.07, 6.45) is 4.40. The van der Waals surface area contributed by atoms with Crippen molar-refractivity contribution in [1.82, 2.24) is 19.9 Å². The second-order valence-corrected chi connectivity index (χ2v) is 11.3. The van der Waals surface area contributed by atoms with Crippen LogP contribution in [-0.4, -0.2) is 51.8 Å². The Hall–Kier alpha value is -3.40. The van der Waals surface area contributed by atoms with Gasteiger partial charge in [0.1, 0.15) is 22.8 Å². The average molecular weight is 513 g/mol. The van der Waals surface area contributed by atoms with Gasteiger partial charge in [0, 0.05) is 48.6 Å². The quantitative estimate of drug-likeness (QED) is 0.357. The minimum atomic E-state index is -0.241. The Morgan fingerprint density at radius 3 is 2.84 bits per heavy atom. The highest BCUT2D eigenvalue weighted by atomic mass is 32.1. The molecular formula is C28H28N6O2S. The minimum absolute atomic E-state index is 0.241. The number of benzene rings is 1. The topological polar surface area (TPSA) is 85.3 Å². The number of aromatic nitrogens is 4. The third-order valence-corrected chi connectivity index (χ3v) is 8.30. The van der Waals surface area contributed by atoms with Gasteiger partial charge in [-0.2, -0.15) is 0 Å². The molecule has 0 saturated carbocycles. The van der Waals surface area contributed by atoms with Crippen LogP contribution in [0.1, 0.15) is 30.5 Å². The van der Waals surface area contributed by atoms with E-state index in [2.05, 4.69) is 46.2 Å². The van der Waals surface area contributed by atoms with Crippen molar-refractivity contribution in [3.63, 3.8) is 0 Å². The zero-order valence-electron chi connectivity index (χ0n) is 21.0. The van der Waals surface area contributed by atoms with Gasteiger partial charge in [0.25, 0.3) is 0 Å². The number of para-hydroxylation sites is 1. The first-order valence-electron chi connectivity index (χ1n) is 12.7. The molecular weight excluding hydrogens is 484 g/mol. The van der Waals surface area contributed by atoms with Crippen molar-refractivity contribution in [3.8, 4) is 0 Å². The van der Waals surface area contributed by atoms with Crippen molar-refractivity contribution in [2.45, 2.75) is 39.0 Å². The van der Waals surface area contributed by atoms with Gasteiger partial charge in [-0.15, -0.1) is 11.3 Å². The van der Waals surface area contributed by atoms with Gasteiger partial charge < -0.3 is 19.7 Å². The number of nitrogens with one attached hydrogen (secondary N) is 1. The monoisotopic (exact) mass is 512 g/mol. The number of thiophene rings is 1. The second-order valence-electron chi connectivity index (χ2n) is 10.3. The molecule has 0 spiro atoms. The number of rotatable bonds is 4. The highest BCUT2D eigenvalue weighted by molar-refractivity contribution is 7.26. The van der Waals surface area contributed by atoms with Gasteiger partial charge in [-0.25, -0.2) is 15.0 Å². The van der Waals surface area contributed by atoms with Gasteiger partial charge in [0.15, 0.2) is 0 Å². The molecule has 0 atom stereocenters. The molecule has 4 aromatic heterocycles. The molecule has 2 aliphatic rings. The smallest absolute Gasteiger partial charge is 0.147 e. The van der Waals surface area contributed by atoms with Gasteiger partial charge in [-0.3, -0.25) is 4.98 Å². The normalized spacial score (nSPS) is 17.4. The number of fused-ring (bicyclic) bond motifs is 6. The van der Waals surface area contributed by atoms with Crippen LogP contribution in [0, 0.1) is 0 Å². The van der Waals surface area contributed by atoms with Crippen LogP contribution in [0.15, 0.2) is 42.9 Å². The molecule has 6 heterocycles. The van der Waals surface area contributed by atoms with E-state index in [4.69, 9.17) is 19.4 Å². The van der Waals surface area contributed by atoms with Crippen LogP contribution in [0.2, 0.25) is 0 Å². The molecule has 1 fully saturated rings. The first kappa shape index (κ1) is 22.8. The lowest BCUT2D eigenvalue weighted by atomic mass is 9.90. The highest BCUT2D eigenvalue weighted by Gasteiger charge is 2.33. The molecule has 0 bridgehead atoms. The molecule has 1 N–H and O–H groups in total. The van der Waals surface area contributed by atoms with Crippen molar-refractivity contribution in [2.75, 3.05) is 36.5 Å². The van der Waals surface area contributed by atoms with Gasteiger partial charge in [-0.05, 0) is 37.1 Å². The molecule has 9 heteroatoms. The van der Waals surface area contributed by atoms with E-state index >= 15 is 0 Å². The summed E-state index contributed by atoms with van der Waals surface area (Å²) >= 11 is 1.66. The minimum Gasteiger partial charge on any atom is -0.378 e. The summed E-state index contributed by atoms with van der Waals surface area (Å²) < 4.78 is 12.9. The van der Waals surface area contributed by atoms with Crippen molar-refractivity contribution in [1.29, 1.82) is 0 Å². The molecule has 0 amide bonds. The summed E-state index contributed by atoms with van der Waals surface area (Å²) in [6.45, 7) is 8.61. The number of hydrogen-bond donors (Lipinski definition) is 1. The fourth-order valence-electron chi connectivity index (χ4n) is 5.35. The van der Waals surface area contributed by atoms with E-state index < -0.39 is 0 Å². The van der Waals surface area contributed by atoms with Crippen LogP contribution in [0.5, 0.6) is 0 Å². The Bertz CT molecular complexity index is 1640. The van der Waals surface area contributed by atoms with Crippen LogP contribution >= 0.6 is 11.3 Å². The van der Waals surface area contributed by atoms with E-state index in [1.807, 2.05) is 24.4 Å². The number of ether oxygens (including phenoxy) is 2. The Morgan fingerprint density at radius 2 is 1.95 bits per heavy atom. The van der Waals surface area contributed by atoms with Crippen LogP contribution < -0.4 is 10.2 Å². The average Bonchev–Trinajstić information content (AvgIpc) is 3.31. The van der Waals surface area contributed by atoms with Crippen LogP contribution in [0.25, 0.3) is 31.3 Å². The first-order chi connectivity index (χ1) is 18.1. The van der Waals surface area contributed by atoms with Crippen molar-refractivity contribution >= 4 is 54.3 Å². The number of hydrogen-bond acceptors (Lipinski definition) is 9. The third-order valence-electron chi connectivity index (χ3n) is 7.22. The van der Waals surface area contributed by atoms with Crippen LogP contribution in [0.4, 0.5) is 11.6 Å². The Morgan fingerprint density at radius 1 is 1.08 bits per heavy atom. The molecule has 0 aliphatic carbocycles. The first-order valence-corrected chi connectivity index (χ1v) is 13.5. The van der Waals surface area contributed by atoms with Gasteiger partial charge >= 0.3 is 0 Å². The second kappa shape index (κ2) is 8.86. The van der Waals surface area contributed by atoms with Gasteiger partial charge in [0.2, 0.25) is 0 Å². The lowest BCUT2D eigenvalue weighted by Crippen LogP contribution is -2.39. The van der Waals surface area contributed by atoms with Crippen LogP contribution in [0.3, 0.4) is 0 Å². The maximum Gasteiger partial charge on any atom is 0.147 e. The number of anilines is 2. The highest BCUT2D eigenvalue weighted by Crippen LogP contribution is 2.44. The van der Waals surface area contributed by atoms with E-state index in [-0.39, 0.29) is 5.60 Å². The number of nitrogens with zero attached hydrogens (tertiary/aromatic N) is 5. The lowest BCUT2D eigenvalue weighted by molar-refractivity contribution is -0.0396. The SMILES string of the molecule is CC1(C)Cc2c(c(N3CCOCC3)nc3sc4c(NCc5cnc6ccccc6c5)ncnc4c23)CO1. The summed E-state index contributed by atoms with van der Waals surface area (Å²) in [6, 6.07) is 10.3. The standard InChI is InChI=1S/C28H28N6O2S/c1-28(2)12-19-20(15-36-28)26(34-7-9-35-10-8-34)33-27-22(19)23-24(37-27)25(32-16-31-23)30-14-17-11-18-5-3-4-6-21(18)29-13-17/h3-6,11,13,16H,7-10,12,14-15H2,1-2H3,(H,30,31,32). The summed E-state index contributed by atoms with van der Waals surface area (Å²) in [4.78, 5) is 22.5. The molecule has 37 heavy (non-hydrogen) atoms. The third kappa shape index (κ3) is 4.07. The van der Waals surface area contributed by atoms with Gasteiger partial charge in [-0.1, -0.05) is 18.2 Å². The molecule has 2 aliphatic heterocycles. The number of morpholine rings is 1. The van der Waals surface area contributed by atoms with Gasteiger partial charge in [0.05, 0.1) is 41.2 Å². The Balaban J connectivity index is 1.32. The van der Waals surface area contributed by atoms with E-state index in [1.54, 1.807) is 17.7 Å². The van der Waals surface area contributed by atoms with E-state index in [9.17, 15) is 0 Å². The molecule has 1 aromatic carbocycles. The van der Waals surface area contributed by atoms with E-state index in [1.165, 1.54) is 11.1 Å². The zero-order valence-corrected chi connectivity index (χ0v) is 21.8. The maximum atomic E-state index is 6.26. The predicted molar refractivity (Wildman–Crippen MR) is 147 cm³/mol. The molecule has 0 radical (unpaired) electrons. The largest absolute Gasteiger partial charge is 0.378 e. The summed E-state index contributed by atoms with van der Waals surface area (Å²) in [5.41, 5.74) is 5.31. The van der Waals surface area contributed by atoms with Crippen molar-refractivity contribution in [2.24, 2.45) is 0 Å².